The lowest BCUT2D eigenvalue weighted by Crippen LogP contribution is -2.17. The fourth-order valence-corrected chi connectivity index (χ4v) is 4.10. The second-order valence-corrected chi connectivity index (χ2v) is 8.46. The minimum Gasteiger partial charge on any atom is -0.423 e. The Labute approximate surface area is 190 Å². The van der Waals surface area contributed by atoms with Crippen LogP contribution in [0, 0.1) is 5.92 Å². The van der Waals surface area contributed by atoms with Gasteiger partial charge in [-0.25, -0.2) is 9.59 Å². The lowest BCUT2D eigenvalue weighted by atomic mass is 9.77. The van der Waals surface area contributed by atoms with Crippen molar-refractivity contribution in [2.45, 2.75) is 71.1 Å². The third-order valence-electron chi connectivity index (χ3n) is 6.12. The second kappa shape index (κ2) is 13.2. The maximum atomic E-state index is 12.3. The molecule has 6 nitrogen and oxygen atoms in total. The van der Waals surface area contributed by atoms with Gasteiger partial charge in [-0.1, -0.05) is 45.3 Å². The van der Waals surface area contributed by atoms with Gasteiger partial charge >= 0.3 is 11.9 Å². The van der Waals surface area contributed by atoms with Gasteiger partial charge in [-0.3, -0.25) is 0 Å². The Morgan fingerprint density at radius 2 is 1.62 bits per heavy atom. The number of carbonyl (C=O) groups excluding carboxylic acids is 2. The molecular formula is C26H36O6. The van der Waals surface area contributed by atoms with E-state index in [1.54, 1.807) is 13.0 Å². The summed E-state index contributed by atoms with van der Waals surface area (Å²) in [6.45, 7) is 6.44. The van der Waals surface area contributed by atoms with Crippen LogP contribution in [0.4, 0.5) is 0 Å². The minimum absolute atomic E-state index is 0.0574. The van der Waals surface area contributed by atoms with E-state index in [1.807, 2.05) is 6.07 Å². The highest BCUT2D eigenvalue weighted by Crippen LogP contribution is 2.40. The molecule has 1 aliphatic carbocycles. The average Bonchev–Trinajstić information content (AvgIpc) is 2.79. The van der Waals surface area contributed by atoms with Gasteiger partial charge in [0.05, 0.1) is 24.4 Å². The standard InChI is InChI=1S/C26H36O6/c1-4-6-7-8-19-9-11-21(12-10-19)22-13-23(31-25(29)18(3)16-27)15-24(14-22)32-26(30)20(5-2)17-28/h5,13-15,19,21,27-28H,3-4,6-12,16-17H2,1-2H3/b20-5+. The van der Waals surface area contributed by atoms with E-state index >= 15 is 0 Å². The van der Waals surface area contributed by atoms with Crippen LogP contribution in [0.15, 0.2) is 42.0 Å². The van der Waals surface area contributed by atoms with Crippen LogP contribution >= 0.6 is 0 Å². The van der Waals surface area contributed by atoms with Gasteiger partial charge < -0.3 is 19.7 Å². The number of carbonyl (C=O) groups is 2. The highest BCUT2D eigenvalue weighted by molar-refractivity contribution is 5.91. The van der Waals surface area contributed by atoms with E-state index in [0.29, 0.717) is 0 Å². The van der Waals surface area contributed by atoms with Crippen molar-refractivity contribution in [3.05, 3.63) is 47.6 Å². The zero-order valence-electron chi connectivity index (χ0n) is 19.3. The Morgan fingerprint density at radius 3 is 2.16 bits per heavy atom. The van der Waals surface area contributed by atoms with Gasteiger partial charge in [0.1, 0.15) is 11.5 Å². The maximum Gasteiger partial charge on any atom is 0.341 e. The largest absolute Gasteiger partial charge is 0.423 e. The molecule has 0 amide bonds. The molecule has 1 aliphatic rings. The highest BCUT2D eigenvalue weighted by atomic mass is 16.5. The lowest BCUT2D eigenvalue weighted by Gasteiger charge is -2.29. The van der Waals surface area contributed by atoms with Gasteiger partial charge in [-0.2, -0.15) is 0 Å². The van der Waals surface area contributed by atoms with Gasteiger partial charge in [0.2, 0.25) is 0 Å². The normalized spacial score (nSPS) is 18.8. The van der Waals surface area contributed by atoms with Crippen molar-refractivity contribution in [1.82, 2.24) is 0 Å². The van der Waals surface area contributed by atoms with E-state index in [2.05, 4.69) is 13.5 Å². The Morgan fingerprint density at radius 1 is 1.00 bits per heavy atom. The van der Waals surface area contributed by atoms with Crippen LogP contribution in [0.25, 0.3) is 0 Å². The molecule has 0 aliphatic heterocycles. The van der Waals surface area contributed by atoms with Gasteiger partial charge in [0, 0.05) is 6.07 Å². The molecule has 0 heterocycles. The number of ether oxygens (including phenoxy) is 2. The SMILES string of the molecule is C=C(CO)C(=O)Oc1cc(OC(=O)/C(=C/C)CO)cc(C2CCC(CCCCC)CC2)c1. The monoisotopic (exact) mass is 444 g/mol. The molecule has 176 valence electrons. The van der Waals surface area contributed by atoms with Crippen LogP contribution in [0.1, 0.15) is 76.7 Å². The Hall–Kier alpha value is -2.44. The summed E-state index contributed by atoms with van der Waals surface area (Å²) < 4.78 is 10.8. The molecule has 0 radical (unpaired) electrons. The first-order valence-corrected chi connectivity index (χ1v) is 11.6. The molecular weight excluding hydrogens is 408 g/mol. The zero-order valence-corrected chi connectivity index (χ0v) is 19.3. The molecule has 0 unspecified atom stereocenters. The van der Waals surface area contributed by atoms with Crippen LogP contribution in [0.5, 0.6) is 11.5 Å². The van der Waals surface area contributed by atoms with Crippen molar-refractivity contribution in [3.63, 3.8) is 0 Å². The van der Waals surface area contributed by atoms with Crippen molar-refractivity contribution < 1.29 is 29.3 Å². The number of hydrogen-bond donors (Lipinski definition) is 2. The predicted octanol–water partition coefficient (Wildman–Crippen LogP) is 4.84. The third kappa shape index (κ3) is 7.61. The summed E-state index contributed by atoms with van der Waals surface area (Å²) in [5.41, 5.74) is 1.04. The van der Waals surface area contributed by atoms with Crippen molar-refractivity contribution in [1.29, 1.82) is 0 Å². The lowest BCUT2D eigenvalue weighted by molar-refractivity contribution is -0.131. The van der Waals surface area contributed by atoms with Crippen molar-refractivity contribution >= 4 is 11.9 Å². The molecule has 6 heteroatoms. The molecule has 32 heavy (non-hydrogen) atoms. The molecule has 0 bridgehead atoms. The zero-order chi connectivity index (χ0) is 23.5. The Bertz CT molecular complexity index is 818. The predicted molar refractivity (Wildman–Crippen MR) is 124 cm³/mol. The molecule has 0 saturated heterocycles. The number of aliphatic hydroxyl groups is 2. The quantitative estimate of drug-likeness (QED) is 0.220. The van der Waals surface area contributed by atoms with E-state index in [-0.39, 0.29) is 28.6 Å². The number of unbranched alkanes of at least 4 members (excludes halogenated alkanes) is 2. The van der Waals surface area contributed by atoms with Gasteiger partial charge in [-0.15, -0.1) is 0 Å². The summed E-state index contributed by atoms with van der Waals surface area (Å²) in [7, 11) is 0. The van der Waals surface area contributed by atoms with E-state index in [4.69, 9.17) is 14.6 Å². The molecule has 2 N–H and O–H groups in total. The molecule has 1 fully saturated rings. The number of esters is 2. The smallest absolute Gasteiger partial charge is 0.341 e. The fraction of sp³-hybridized carbons (Fsp3) is 0.538. The van der Waals surface area contributed by atoms with Crippen LogP contribution in [0.2, 0.25) is 0 Å². The van der Waals surface area contributed by atoms with Crippen molar-refractivity contribution in [3.8, 4) is 11.5 Å². The summed E-state index contributed by atoms with van der Waals surface area (Å²) in [6, 6.07) is 5.07. The van der Waals surface area contributed by atoms with Crippen LogP contribution in [-0.4, -0.2) is 35.4 Å². The van der Waals surface area contributed by atoms with Crippen LogP contribution < -0.4 is 9.47 Å². The van der Waals surface area contributed by atoms with E-state index < -0.39 is 25.2 Å². The topological polar surface area (TPSA) is 93.1 Å². The van der Waals surface area contributed by atoms with Gasteiger partial charge in [-0.05, 0) is 62.1 Å². The molecule has 2 rings (SSSR count). The summed E-state index contributed by atoms with van der Waals surface area (Å²) in [5, 5.41) is 18.5. The van der Waals surface area contributed by atoms with Crippen molar-refractivity contribution in [2.24, 2.45) is 5.92 Å². The third-order valence-corrected chi connectivity index (χ3v) is 6.12. The van der Waals surface area contributed by atoms with Gasteiger partial charge in [0.15, 0.2) is 0 Å². The number of hydrogen-bond acceptors (Lipinski definition) is 6. The first kappa shape index (κ1) is 25.8. The van der Waals surface area contributed by atoms with E-state index in [1.165, 1.54) is 37.8 Å². The van der Waals surface area contributed by atoms with E-state index in [9.17, 15) is 14.7 Å². The van der Waals surface area contributed by atoms with Crippen LogP contribution in [0.3, 0.4) is 0 Å². The number of benzene rings is 1. The number of aliphatic hydroxyl groups excluding tert-OH is 2. The minimum atomic E-state index is -0.730. The molecule has 1 saturated carbocycles. The first-order chi connectivity index (χ1) is 15.4. The van der Waals surface area contributed by atoms with E-state index in [0.717, 1.165) is 37.2 Å². The van der Waals surface area contributed by atoms with Gasteiger partial charge in [0.25, 0.3) is 0 Å². The average molecular weight is 445 g/mol. The van der Waals surface area contributed by atoms with Crippen molar-refractivity contribution in [2.75, 3.05) is 13.2 Å². The fourth-order valence-electron chi connectivity index (χ4n) is 4.10. The number of allylic oxidation sites excluding steroid dienone is 1. The molecule has 1 aromatic rings. The molecule has 0 spiro atoms. The Balaban J connectivity index is 2.19. The first-order valence-electron chi connectivity index (χ1n) is 11.6. The molecule has 1 aromatic carbocycles. The Kier molecular flexibility index (Phi) is 10.6. The highest BCUT2D eigenvalue weighted by Gasteiger charge is 2.24. The van der Waals surface area contributed by atoms with Crippen LogP contribution in [-0.2, 0) is 9.59 Å². The summed E-state index contributed by atoms with van der Waals surface area (Å²) >= 11 is 0. The molecule has 0 atom stereocenters. The molecule has 0 aromatic heterocycles. The second-order valence-electron chi connectivity index (χ2n) is 8.46. The maximum absolute atomic E-state index is 12.3. The summed E-state index contributed by atoms with van der Waals surface area (Å²) in [4.78, 5) is 24.4. The summed E-state index contributed by atoms with van der Waals surface area (Å²) in [5.74, 6) is 0.151. The summed E-state index contributed by atoms with van der Waals surface area (Å²) in [6.07, 6.45) is 10.9. The number of rotatable bonds is 11.